The molecule has 0 bridgehead atoms. The molecule has 0 amide bonds. The highest BCUT2D eigenvalue weighted by Crippen LogP contribution is 1.91. The number of rotatable bonds is 5. The monoisotopic (exact) mass is 148 g/mol. The summed E-state index contributed by atoms with van der Waals surface area (Å²) in [6, 6.07) is 0. The van der Waals surface area contributed by atoms with E-state index < -0.39 is 6.29 Å². The number of aliphatic hydroxyl groups excluding tert-OH is 3. The van der Waals surface area contributed by atoms with Gasteiger partial charge in [0.25, 0.3) is 0 Å². The van der Waals surface area contributed by atoms with Crippen molar-refractivity contribution in [1.82, 2.24) is 0 Å². The van der Waals surface area contributed by atoms with Gasteiger partial charge in [-0.15, -0.1) is 0 Å². The molecule has 0 spiro atoms. The van der Waals surface area contributed by atoms with E-state index in [2.05, 4.69) is 4.74 Å². The van der Waals surface area contributed by atoms with Gasteiger partial charge in [0.05, 0.1) is 12.9 Å². The van der Waals surface area contributed by atoms with Crippen LogP contribution < -0.4 is 0 Å². The van der Waals surface area contributed by atoms with E-state index in [1.54, 1.807) is 0 Å². The van der Waals surface area contributed by atoms with Crippen molar-refractivity contribution in [2.24, 2.45) is 0 Å². The van der Waals surface area contributed by atoms with E-state index in [9.17, 15) is 0 Å². The Morgan fingerprint density at radius 3 is 2.70 bits per heavy atom. The summed E-state index contributed by atoms with van der Waals surface area (Å²) in [6.45, 7) is 0.0433. The van der Waals surface area contributed by atoms with Crippen molar-refractivity contribution < 1.29 is 20.1 Å². The minimum absolute atomic E-state index is 0.107. The maximum absolute atomic E-state index is 8.78. The molecule has 0 aromatic heterocycles. The van der Waals surface area contributed by atoms with Gasteiger partial charge in [-0.1, -0.05) is 0 Å². The van der Waals surface area contributed by atoms with Gasteiger partial charge in [0, 0.05) is 13.0 Å². The molecule has 0 saturated carbocycles. The molecule has 10 heavy (non-hydrogen) atoms. The van der Waals surface area contributed by atoms with E-state index in [0.29, 0.717) is 0 Å². The van der Waals surface area contributed by atoms with Crippen LogP contribution in [0.25, 0.3) is 0 Å². The molecule has 0 aromatic rings. The summed E-state index contributed by atoms with van der Waals surface area (Å²) in [4.78, 5) is 0. The third-order valence-electron chi connectivity index (χ3n) is 0.866. The van der Waals surface area contributed by atoms with Gasteiger partial charge in [-0.2, -0.15) is 0 Å². The minimum atomic E-state index is -0.943. The summed E-state index contributed by atoms with van der Waals surface area (Å²) < 4.78 is 4.67. The first kappa shape index (κ1) is 9.42. The van der Waals surface area contributed by atoms with Crippen molar-refractivity contribution in [3.8, 4) is 0 Å². The van der Waals surface area contributed by atoms with Crippen molar-refractivity contribution >= 4 is 0 Å². The number of hydrogen-bond donors (Lipinski definition) is 3. The molecule has 4 nitrogen and oxygen atoms in total. The van der Waals surface area contributed by atoms with Gasteiger partial charge < -0.3 is 20.1 Å². The van der Waals surface area contributed by atoms with Crippen molar-refractivity contribution in [3.63, 3.8) is 0 Å². The summed E-state index contributed by atoms with van der Waals surface area (Å²) in [5, 5.41) is 25.2. The highest BCUT2D eigenvalue weighted by Gasteiger charge is 1.99. The molecule has 1 unspecified atom stereocenters. The SMILES string of the molecule is OC=CCOC(O)CCO. The average Bonchev–Trinajstić information content (AvgIpc) is 1.89. The topological polar surface area (TPSA) is 69.9 Å². The van der Waals surface area contributed by atoms with Gasteiger partial charge in [-0.25, -0.2) is 0 Å². The Hall–Kier alpha value is -0.580. The normalized spacial score (nSPS) is 14.2. The first-order chi connectivity index (χ1) is 4.81. The van der Waals surface area contributed by atoms with E-state index in [0.717, 1.165) is 6.26 Å². The summed E-state index contributed by atoms with van der Waals surface area (Å²) in [5.74, 6) is 0. The Balaban J connectivity index is 3.12. The zero-order valence-electron chi connectivity index (χ0n) is 5.60. The molecule has 1 atom stereocenters. The van der Waals surface area contributed by atoms with Crippen LogP contribution in [0.1, 0.15) is 6.42 Å². The molecule has 0 heterocycles. The van der Waals surface area contributed by atoms with Crippen LogP contribution in [-0.4, -0.2) is 34.8 Å². The quantitative estimate of drug-likeness (QED) is 0.372. The van der Waals surface area contributed by atoms with Gasteiger partial charge in [-0.3, -0.25) is 0 Å². The Morgan fingerprint density at radius 1 is 1.50 bits per heavy atom. The predicted octanol–water partition coefficient (Wildman–Crippen LogP) is -0.225. The molecule has 3 N–H and O–H groups in total. The molecule has 0 aliphatic rings. The molecule has 4 heteroatoms. The smallest absolute Gasteiger partial charge is 0.157 e. The average molecular weight is 148 g/mol. The lowest BCUT2D eigenvalue weighted by Crippen LogP contribution is -2.13. The summed E-state index contributed by atoms with van der Waals surface area (Å²) >= 11 is 0. The molecule has 0 saturated heterocycles. The minimum Gasteiger partial charge on any atom is -0.516 e. The standard InChI is InChI=1S/C6H12O4/c7-3-1-5-10-6(9)2-4-8/h1,3,6-9H,2,4-5H2. The van der Waals surface area contributed by atoms with Crippen LogP contribution in [0.4, 0.5) is 0 Å². The molecule has 60 valence electrons. The highest BCUT2D eigenvalue weighted by atomic mass is 16.6. The Bertz CT molecular complexity index is 91.7. The summed E-state index contributed by atoms with van der Waals surface area (Å²) in [7, 11) is 0. The molecule has 0 aliphatic heterocycles. The Labute approximate surface area is 59.4 Å². The van der Waals surface area contributed by atoms with Gasteiger partial charge in [-0.05, 0) is 6.08 Å². The summed E-state index contributed by atoms with van der Waals surface area (Å²) in [5.41, 5.74) is 0. The predicted molar refractivity (Wildman–Crippen MR) is 35.4 cm³/mol. The van der Waals surface area contributed by atoms with E-state index in [4.69, 9.17) is 15.3 Å². The first-order valence-corrected chi connectivity index (χ1v) is 3.01. The van der Waals surface area contributed by atoms with E-state index in [1.807, 2.05) is 0 Å². The summed E-state index contributed by atoms with van der Waals surface area (Å²) in [6.07, 6.45) is 1.44. The fourth-order valence-corrected chi connectivity index (χ4v) is 0.403. The zero-order chi connectivity index (χ0) is 7.82. The third-order valence-corrected chi connectivity index (χ3v) is 0.866. The molecule has 0 aromatic carbocycles. The van der Waals surface area contributed by atoms with Crippen LogP contribution in [0.3, 0.4) is 0 Å². The van der Waals surface area contributed by atoms with Crippen molar-refractivity contribution in [1.29, 1.82) is 0 Å². The largest absolute Gasteiger partial charge is 0.516 e. The third kappa shape index (κ3) is 5.55. The fourth-order valence-electron chi connectivity index (χ4n) is 0.403. The lowest BCUT2D eigenvalue weighted by molar-refractivity contribution is -0.0990. The fraction of sp³-hybridized carbons (Fsp3) is 0.667. The lowest BCUT2D eigenvalue weighted by Gasteiger charge is -2.06. The van der Waals surface area contributed by atoms with Crippen LogP contribution in [0.15, 0.2) is 12.3 Å². The second-order valence-electron chi connectivity index (χ2n) is 1.69. The van der Waals surface area contributed by atoms with E-state index in [1.165, 1.54) is 6.08 Å². The van der Waals surface area contributed by atoms with Crippen LogP contribution in [0.5, 0.6) is 0 Å². The van der Waals surface area contributed by atoms with Crippen LogP contribution in [0, 0.1) is 0 Å². The van der Waals surface area contributed by atoms with Crippen molar-refractivity contribution in [3.05, 3.63) is 12.3 Å². The molecular weight excluding hydrogens is 136 g/mol. The number of ether oxygens (including phenoxy) is 1. The number of aliphatic hydroxyl groups is 3. The maximum Gasteiger partial charge on any atom is 0.157 e. The van der Waals surface area contributed by atoms with Gasteiger partial charge in [0.15, 0.2) is 6.29 Å². The second-order valence-corrected chi connectivity index (χ2v) is 1.69. The number of hydrogen-bond acceptors (Lipinski definition) is 4. The highest BCUT2D eigenvalue weighted by molar-refractivity contribution is 4.70. The molecular formula is C6H12O4. The molecule has 0 rings (SSSR count). The second kappa shape index (κ2) is 6.54. The van der Waals surface area contributed by atoms with Crippen molar-refractivity contribution in [2.45, 2.75) is 12.7 Å². The van der Waals surface area contributed by atoms with Crippen LogP contribution in [0.2, 0.25) is 0 Å². The van der Waals surface area contributed by atoms with Crippen molar-refractivity contribution in [2.75, 3.05) is 13.2 Å². The van der Waals surface area contributed by atoms with Gasteiger partial charge >= 0.3 is 0 Å². The van der Waals surface area contributed by atoms with E-state index in [-0.39, 0.29) is 19.6 Å². The maximum atomic E-state index is 8.78. The Kier molecular flexibility index (Phi) is 6.16. The van der Waals surface area contributed by atoms with Gasteiger partial charge in [0.2, 0.25) is 0 Å². The van der Waals surface area contributed by atoms with Gasteiger partial charge in [0.1, 0.15) is 0 Å². The zero-order valence-corrected chi connectivity index (χ0v) is 5.60. The lowest BCUT2D eigenvalue weighted by atomic mass is 10.4. The first-order valence-electron chi connectivity index (χ1n) is 3.01. The molecule has 0 aliphatic carbocycles. The van der Waals surface area contributed by atoms with Crippen LogP contribution >= 0.6 is 0 Å². The Morgan fingerprint density at radius 2 is 2.20 bits per heavy atom. The van der Waals surface area contributed by atoms with E-state index >= 15 is 0 Å². The molecule has 0 fully saturated rings. The van der Waals surface area contributed by atoms with Crippen LogP contribution in [-0.2, 0) is 4.74 Å². The molecule has 0 radical (unpaired) electrons.